The molecule has 5 heteroatoms. The number of rotatable bonds is 9. The van der Waals surface area contributed by atoms with Crippen molar-refractivity contribution >= 4 is 17.5 Å². The Morgan fingerprint density at radius 2 is 2.14 bits per heavy atom. The highest BCUT2D eigenvalue weighted by Gasteiger charge is 2.08. The van der Waals surface area contributed by atoms with E-state index in [1.54, 1.807) is 19.0 Å². The number of ether oxygens (including phenoxy) is 1. The monoisotopic (exact) mass is 312 g/mol. The molecule has 1 rings (SSSR count). The minimum absolute atomic E-state index is 0.0674. The first kappa shape index (κ1) is 17.8. The fourth-order valence-corrected chi connectivity index (χ4v) is 2.04. The number of likely N-dealkylation sites (N-methyl/N-ethyl adjacent to an activating group) is 1. The van der Waals surface area contributed by atoms with Gasteiger partial charge in [-0.3, -0.25) is 4.79 Å². The second-order valence-corrected chi connectivity index (χ2v) is 5.52. The molecule has 118 valence electrons. The van der Waals surface area contributed by atoms with E-state index in [9.17, 15) is 4.79 Å². The average Bonchev–Trinajstić information content (AvgIpc) is 2.46. The Morgan fingerprint density at radius 1 is 1.38 bits per heavy atom. The van der Waals surface area contributed by atoms with E-state index in [2.05, 4.69) is 12.2 Å². The van der Waals surface area contributed by atoms with Crippen molar-refractivity contribution in [3.8, 4) is 5.75 Å². The summed E-state index contributed by atoms with van der Waals surface area (Å²) in [7, 11) is 3.50. The molecule has 0 radical (unpaired) electrons. The van der Waals surface area contributed by atoms with Crippen molar-refractivity contribution in [2.45, 2.75) is 26.2 Å². The molecule has 0 spiro atoms. The summed E-state index contributed by atoms with van der Waals surface area (Å²) in [6.07, 6.45) is 2.89. The van der Waals surface area contributed by atoms with E-state index < -0.39 is 0 Å². The Labute approximate surface area is 132 Å². The Balaban J connectivity index is 2.44. The second-order valence-electron chi connectivity index (χ2n) is 5.15. The Kier molecular flexibility index (Phi) is 8.16. The zero-order valence-electron chi connectivity index (χ0n) is 13.1. The molecule has 1 aromatic rings. The Bertz CT molecular complexity index is 450. The van der Waals surface area contributed by atoms with Crippen LogP contribution < -0.4 is 10.1 Å². The summed E-state index contributed by atoms with van der Waals surface area (Å²) < 4.78 is 5.68. The van der Waals surface area contributed by atoms with E-state index in [0.717, 1.165) is 30.6 Å². The van der Waals surface area contributed by atoms with E-state index in [1.807, 2.05) is 18.2 Å². The van der Waals surface area contributed by atoms with Crippen molar-refractivity contribution in [2.24, 2.45) is 0 Å². The lowest BCUT2D eigenvalue weighted by molar-refractivity contribution is -0.127. The van der Waals surface area contributed by atoms with Crippen molar-refractivity contribution < 1.29 is 9.53 Å². The predicted molar refractivity (Wildman–Crippen MR) is 87.1 cm³/mol. The molecule has 21 heavy (non-hydrogen) atoms. The fraction of sp³-hybridized carbons (Fsp3) is 0.562. The largest absolute Gasteiger partial charge is 0.492 e. The number of unbranched alkanes of at least 4 members (excludes halogenated alkanes) is 1. The summed E-state index contributed by atoms with van der Waals surface area (Å²) in [5.41, 5.74) is 1.04. The number of amides is 1. The lowest BCUT2D eigenvalue weighted by Crippen LogP contribution is -2.33. The molecule has 1 N–H and O–H groups in total. The van der Waals surface area contributed by atoms with Crippen LogP contribution in [0.4, 0.5) is 0 Å². The molecule has 0 atom stereocenters. The quantitative estimate of drug-likeness (QED) is 0.713. The van der Waals surface area contributed by atoms with Crippen LogP contribution in [0, 0.1) is 0 Å². The summed E-state index contributed by atoms with van der Waals surface area (Å²) in [5, 5.41) is 3.80. The maximum atomic E-state index is 11.4. The lowest BCUT2D eigenvalue weighted by atomic mass is 10.1. The Morgan fingerprint density at radius 3 is 2.81 bits per heavy atom. The summed E-state index contributed by atoms with van der Waals surface area (Å²) in [6, 6.07) is 5.84. The van der Waals surface area contributed by atoms with Crippen molar-refractivity contribution in [3.05, 3.63) is 28.8 Å². The molecule has 0 fully saturated rings. The first-order valence-electron chi connectivity index (χ1n) is 7.37. The van der Waals surface area contributed by atoms with Crippen molar-refractivity contribution in [2.75, 3.05) is 33.8 Å². The maximum absolute atomic E-state index is 11.4. The van der Waals surface area contributed by atoms with Gasteiger partial charge in [-0.25, -0.2) is 0 Å². The number of nitrogens with zero attached hydrogens (tertiary/aromatic N) is 1. The van der Waals surface area contributed by atoms with Crippen molar-refractivity contribution in [3.63, 3.8) is 0 Å². The van der Waals surface area contributed by atoms with Crippen LogP contribution in [0.25, 0.3) is 0 Å². The molecule has 0 bridgehead atoms. The van der Waals surface area contributed by atoms with E-state index in [1.165, 1.54) is 0 Å². The van der Waals surface area contributed by atoms with Crippen LogP contribution in [0.15, 0.2) is 18.2 Å². The molecular formula is C16H25ClN2O2. The van der Waals surface area contributed by atoms with Crippen LogP contribution in [0.5, 0.6) is 5.75 Å². The molecule has 4 nitrogen and oxygen atoms in total. The van der Waals surface area contributed by atoms with Gasteiger partial charge in [0, 0.05) is 14.1 Å². The Hall–Kier alpha value is -1.26. The topological polar surface area (TPSA) is 41.6 Å². The van der Waals surface area contributed by atoms with E-state index in [4.69, 9.17) is 16.3 Å². The number of nitrogens with one attached hydrogen (secondary N) is 1. The van der Waals surface area contributed by atoms with Crippen molar-refractivity contribution in [1.82, 2.24) is 10.2 Å². The third kappa shape index (κ3) is 6.36. The highest BCUT2D eigenvalue weighted by atomic mass is 35.5. The lowest BCUT2D eigenvalue weighted by Gasteiger charge is -2.13. The number of carbonyl (C=O) groups excluding carboxylic acids is 1. The molecule has 0 unspecified atom stereocenters. The van der Waals surface area contributed by atoms with Gasteiger partial charge in [0.25, 0.3) is 0 Å². The van der Waals surface area contributed by atoms with Crippen LogP contribution in [0.1, 0.15) is 25.3 Å². The van der Waals surface area contributed by atoms with Gasteiger partial charge in [0.15, 0.2) is 0 Å². The highest BCUT2D eigenvalue weighted by molar-refractivity contribution is 6.32. The van der Waals surface area contributed by atoms with Gasteiger partial charge < -0.3 is 15.0 Å². The molecule has 0 aliphatic rings. The van der Waals surface area contributed by atoms with Gasteiger partial charge in [0.1, 0.15) is 5.75 Å². The SMILES string of the molecule is CCCCOc1cccc(CCNCC(=O)N(C)C)c1Cl. The number of hydrogen-bond acceptors (Lipinski definition) is 3. The first-order valence-corrected chi connectivity index (χ1v) is 7.75. The van der Waals surface area contributed by atoms with Gasteiger partial charge in [0.2, 0.25) is 5.91 Å². The molecule has 1 amide bonds. The molecule has 0 aromatic heterocycles. The zero-order valence-corrected chi connectivity index (χ0v) is 13.9. The molecule has 0 aliphatic heterocycles. The maximum Gasteiger partial charge on any atom is 0.236 e. The minimum atomic E-state index is 0.0674. The van der Waals surface area contributed by atoms with E-state index >= 15 is 0 Å². The number of benzene rings is 1. The van der Waals surface area contributed by atoms with Gasteiger partial charge in [-0.1, -0.05) is 37.1 Å². The highest BCUT2D eigenvalue weighted by Crippen LogP contribution is 2.28. The van der Waals surface area contributed by atoms with Gasteiger partial charge in [0.05, 0.1) is 18.2 Å². The van der Waals surface area contributed by atoms with E-state index in [-0.39, 0.29) is 5.91 Å². The van der Waals surface area contributed by atoms with Crippen LogP contribution in [0.2, 0.25) is 5.02 Å². The first-order chi connectivity index (χ1) is 10.1. The molecule has 1 aromatic carbocycles. The summed E-state index contributed by atoms with van der Waals surface area (Å²) in [4.78, 5) is 13.0. The van der Waals surface area contributed by atoms with Crippen LogP contribution in [-0.4, -0.2) is 44.6 Å². The van der Waals surface area contributed by atoms with Gasteiger partial charge >= 0.3 is 0 Å². The second kappa shape index (κ2) is 9.64. The smallest absolute Gasteiger partial charge is 0.236 e. The fourth-order valence-electron chi connectivity index (χ4n) is 1.76. The molecule has 0 saturated carbocycles. The minimum Gasteiger partial charge on any atom is -0.492 e. The van der Waals surface area contributed by atoms with Crippen molar-refractivity contribution in [1.29, 1.82) is 0 Å². The molecular weight excluding hydrogens is 288 g/mol. The summed E-state index contributed by atoms with van der Waals surface area (Å²) >= 11 is 6.35. The number of carbonyl (C=O) groups is 1. The van der Waals surface area contributed by atoms with E-state index in [0.29, 0.717) is 24.7 Å². The van der Waals surface area contributed by atoms with Gasteiger partial charge in [-0.2, -0.15) is 0 Å². The standard InChI is InChI=1S/C16H25ClN2O2/c1-4-5-11-21-14-8-6-7-13(16(14)17)9-10-18-12-15(20)19(2)3/h6-8,18H,4-5,9-12H2,1-3H3. The average molecular weight is 313 g/mol. The van der Waals surface area contributed by atoms with Gasteiger partial charge in [-0.15, -0.1) is 0 Å². The molecule has 0 saturated heterocycles. The number of halogens is 1. The predicted octanol–water partition coefficient (Wildman–Crippen LogP) is 2.74. The number of hydrogen-bond donors (Lipinski definition) is 1. The third-order valence-corrected chi connectivity index (χ3v) is 3.57. The summed E-state index contributed by atoms with van der Waals surface area (Å²) in [6.45, 7) is 3.87. The third-order valence-electron chi connectivity index (χ3n) is 3.14. The van der Waals surface area contributed by atoms with Crippen LogP contribution in [0.3, 0.4) is 0 Å². The zero-order chi connectivity index (χ0) is 15.7. The normalized spacial score (nSPS) is 10.5. The van der Waals surface area contributed by atoms with Crippen LogP contribution in [-0.2, 0) is 11.2 Å². The van der Waals surface area contributed by atoms with Gasteiger partial charge in [-0.05, 0) is 31.0 Å². The molecule has 0 aliphatic carbocycles. The van der Waals surface area contributed by atoms with Crippen LogP contribution >= 0.6 is 11.6 Å². The summed E-state index contributed by atoms with van der Waals surface area (Å²) in [5.74, 6) is 0.810. The molecule has 0 heterocycles.